The zero-order valence-electron chi connectivity index (χ0n) is 9.24. The quantitative estimate of drug-likeness (QED) is 0.632. The van der Waals surface area contributed by atoms with Crippen molar-refractivity contribution in [3.63, 3.8) is 0 Å². The molecule has 0 aliphatic heterocycles. The second-order valence-corrected chi connectivity index (χ2v) is 4.03. The van der Waals surface area contributed by atoms with Crippen LogP contribution < -0.4 is 0 Å². The molecule has 1 aromatic rings. The lowest BCUT2D eigenvalue weighted by Gasteiger charge is -2.05. The van der Waals surface area contributed by atoms with Crippen LogP contribution in [0.5, 0.6) is 0 Å². The van der Waals surface area contributed by atoms with Crippen LogP contribution in [0.1, 0.15) is 23.1 Å². The second-order valence-electron chi connectivity index (χ2n) is 3.65. The van der Waals surface area contributed by atoms with E-state index < -0.39 is 5.97 Å². The van der Waals surface area contributed by atoms with E-state index in [1.807, 2.05) is 25.1 Å². The Morgan fingerprint density at radius 3 is 2.81 bits per heavy atom. The molecule has 1 rings (SSSR count). The summed E-state index contributed by atoms with van der Waals surface area (Å²) >= 11 is 5.64. The number of carboxylic acid groups (broad SMARTS) is 1. The Morgan fingerprint density at radius 1 is 1.50 bits per heavy atom. The first kappa shape index (κ1) is 12.8. The van der Waals surface area contributed by atoms with Gasteiger partial charge in [0.25, 0.3) is 0 Å². The summed E-state index contributed by atoms with van der Waals surface area (Å²) in [7, 11) is 0. The third kappa shape index (κ3) is 4.07. The highest BCUT2D eigenvalue weighted by atomic mass is 35.5. The van der Waals surface area contributed by atoms with Crippen LogP contribution in [-0.2, 0) is 11.2 Å². The van der Waals surface area contributed by atoms with Gasteiger partial charge >= 0.3 is 5.97 Å². The fourth-order valence-electron chi connectivity index (χ4n) is 1.53. The Kier molecular flexibility index (Phi) is 5.06. The van der Waals surface area contributed by atoms with Crippen LogP contribution in [0.4, 0.5) is 0 Å². The third-order valence-electron chi connectivity index (χ3n) is 2.36. The molecule has 0 aliphatic carbocycles. The Labute approximate surface area is 101 Å². The number of aliphatic carboxylic acids is 1. The molecule has 1 N–H and O–H groups in total. The molecule has 3 heteroatoms. The molecular formula is C13H15ClO2. The van der Waals surface area contributed by atoms with Gasteiger partial charge in [-0.1, -0.05) is 18.2 Å². The summed E-state index contributed by atoms with van der Waals surface area (Å²) in [4.78, 5) is 10.4. The molecule has 2 nitrogen and oxygen atoms in total. The molecule has 0 aromatic heterocycles. The molecule has 0 heterocycles. The van der Waals surface area contributed by atoms with Gasteiger partial charge in [0.05, 0.1) is 0 Å². The number of halogens is 1. The van der Waals surface area contributed by atoms with E-state index in [-0.39, 0.29) is 0 Å². The highest BCUT2D eigenvalue weighted by molar-refractivity contribution is 6.17. The van der Waals surface area contributed by atoms with Crippen molar-refractivity contribution in [1.29, 1.82) is 0 Å². The molecule has 0 amide bonds. The van der Waals surface area contributed by atoms with Crippen LogP contribution in [0.15, 0.2) is 24.3 Å². The van der Waals surface area contributed by atoms with Crippen LogP contribution >= 0.6 is 11.6 Å². The molecular weight excluding hydrogens is 224 g/mol. The molecule has 0 fully saturated rings. The van der Waals surface area contributed by atoms with Crippen LogP contribution in [0.25, 0.3) is 6.08 Å². The van der Waals surface area contributed by atoms with Crippen molar-refractivity contribution in [2.75, 3.05) is 5.88 Å². The van der Waals surface area contributed by atoms with Crippen molar-refractivity contribution < 1.29 is 9.90 Å². The van der Waals surface area contributed by atoms with E-state index in [1.165, 1.54) is 11.1 Å². The number of carbonyl (C=O) groups is 1. The molecule has 0 saturated carbocycles. The first-order valence-electron chi connectivity index (χ1n) is 5.20. The molecule has 16 heavy (non-hydrogen) atoms. The van der Waals surface area contributed by atoms with Gasteiger partial charge in [0.2, 0.25) is 0 Å². The predicted molar refractivity (Wildman–Crippen MR) is 66.9 cm³/mol. The lowest BCUT2D eigenvalue weighted by Crippen LogP contribution is -1.92. The molecule has 0 aliphatic rings. The van der Waals surface area contributed by atoms with Crippen LogP contribution in [0.3, 0.4) is 0 Å². The maximum Gasteiger partial charge on any atom is 0.328 e. The van der Waals surface area contributed by atoms with Gasteiger partial charge in [0, 0.05) is 12.0 Å². The number of benzene rings is 1. The van der Waals surface area contributed by atoms with Crippen molar-refractivity contribution >= 4 is 23.6 Å². The molecule has 0 atom stereocenters. The van der Waals surface area contributed by atoms with Gasteiger partial charge in [-0.05, 0) is 42.5 Å². The summed E-state index contributed by atoms with van der Waals surface area (Å²) in [6.07, 6.45) is 4.68. The Morgan fingerprint density at radius 2 is 2.25 bits per heavy atom. The number of aryl methyl sites for hydroxylation is 2. The van der Waals surface area contributed by atoms with E-state index in [4.69, 9.17) is 16.7 Å². The average Bonchev–Trinajstić information content (AvgIpc) is 2.25. The van der Waals surface area contributed by atoms with Crippen LogP contribution in [0, 0.1) is 6.92 Å². The molecule has 0 spiro atoms. The van der Waals surface area contributed by atoms with Gasteiger partial charge in [-0.2, -0.15) is 0 Å². The molecule has 0 unspecified atom stereocenters. The molecule has 1 aromatic carbocycles. The van der Waals surface area contributed by atoms with E-state index in [9.17, 15) is 4.79 Å². The zero-order chi connectivity index (χ0) is 12.0. The van der Waals surface area contributed by atoms with Crippen molar-refractivity contribution in [3.8, 4) is 0 Å². The number of hydrogen-bond acceptors (Lipinski definition) is 1. The molecule has 0 radical (unpaired) electrons. The van der Waals surface area contributed by atoms with E-state index >= 15 is 0 Å². The van der Waals surface area contributed by atoms with Crippen LogP contribution in [-0.4, -0.2) is 17.0 Å². The highest BCUT2D eigenvalue weighted by Crippen LogP contribution is 2.14. The summed E-state index contributed by atoms with van der Waals surface area (Å²) in [5, 5.41) is 8.51. The van der Waals surface area contributed by atoms with E-state index in [2.05, 4.69) is 0 Å². The maximum atomic E-state index is 10.4. The fourth-order valence-corrected chi connectivity index (χ4v) is 1.66. The summed E-state index contributed by atoms with van der Waals surface area (Å²) in [5.41, 5.74) is 3.36. The summed E-state index contributed by atoms with van der Waals surface area (Å²) in [6.45, 7) is 2.03. The Hall–Kier alpha value is -1.28. The van der Waals surface area contributed by atoms with E-state index in [0.29, 0.717) is 5.88 Å². The minimum Gasteiger partial charge on any atom is -0.478 e. The van der Waals surface area contributed by atoms with Gasteiger partial charge in [-0.15, -0.1) is 11.6 Å². The third-order valence-corrected chi connectivity index (χ3v) is 2.63. The maximum absolute atomic E-state index is 10.4. The van der Waals surface area contributed by atoms with Crippen molar-refractivity contribution in [3.05, 3.63) is 41.0 Å². The smallest absolute Gasteiger partial charge is 0.328 e. The van der Waals surface area contributed by atoms with Gasteiger partial charge in [-0.25, -0.2) is 4.79 Å². The monoisotopic (exact) mass is 238 g/mol. The van der Waals surface area contributed by atoms with Gasteiger partial charge in [-0.3, -0.25) is 0 Å². The minimum absolute atomic E-state index is 0.667. The van der Waals surface area contributed by atoms with Crippen LogP contribution in [0.2, 0.25) is 0 Å². The van der Waals surface area contributed by atoms with E-state index in [1.54, 1.807) is 6.08 Å². The first-order chi connectivity index (χ1) is 7.63. The van der Waals surface area contributed by atoms with E-state index in [0.717, 1.165) is 24.5 Å². The zero-order valence-corrected chi connectivity index (χ0v) is 10.00. The topological polar surface area (TPSA) is 37.3 Å². The normalized spacial score (nSPS) is 10.9. The SMILES string of the molecule is Cc1cc(/C=C/C(=O)O)ccc1CCCCl. The van der Waals surface area contributed by atoms with Crippen molar-refractivity contribution in [2.24, 2.45) is 0 Å². The lowest BCUT2D eigenvalue weighted by molar-refractivity contribution is -0.131. The lowest BCUT2D eigenvalue weighted by atomic mass is 10.0. The molecule has 0 saturated heterocycles. The number of alkyl halides is 1. The summed E-state index contributed by atoms with van der Waals surface area (Å²) in [6, 6.07) is 5.95. The van der Waals surface area contributed by atoms with Gasteiger partial charge in [0.1, 0.15) is 0 Å². The summed E-state index contributed by atoms with van der Waals surface area (Å²) in [5.74, 6) is -0.260. The minimum atomic E-state index is -0.927. The summed E-state index contributed by atoms with van der Waals surface area (Å²) < 4.78 is 0. The highest BCUT2D eigenvalue weighted by Gasteiger charge is 1.99. The number of hydrogen-bond donors (Lipinski definition) is 1. The fraction of sp³-hybridized carbons (Fsp3) is 0.308. The van der Waals surface area contributed by atoms with Gasteiger partial charge in [0.15, 0.2) is 0 Å². The first-order valence-corrected chi connectivity index (χ1v) is 5.73. The largest absolute Gasteiger partial charge is 0.478 e. The second kappa shape index (κ2) is 6.33. The standard InChI is InChI=1S/C13H15ClO2/c1-10-9-11(5-7-13(15)16)4-6-12(10)3-2-8-14/h4-7,9H,2-3,8H2,1H3,(H,15,16)/b7-5+. The Balaban J connectivity index is 2.78. The molecule has 86 valence electrons. The predicted octanol–water partition coefficient (Wildman–Crippen LogP) is 3.26. The van der Waals surface area contributed by atoms with Gasteiger partial charge < -0.3 is 5.11 Å². The molecule has 0 bridgehead atoms. The van der Waals surface area contributed by atoms with Crippen molar-refractivity contribution in [2.45, 2.75) is 19.8 Å². The Bertz CT molecular complexity index is 397. The van der Waals surface area contributed by atoms with Crippen molar-refractivity contribution in [1.82, 2.24) is 0 Å². The average molecular weight is 239 g/mol. The number of rotatable bonds is 5. The number of carboxylic acids is 1.